The third-order valence-corrected chi connectivity index (χ3v) is 6.77. The van der Waals surface area contributed by atoms with Crippen LogP contribution in [-0.2, 0) is 10.3 Å². The molecule has 178 valence electrons. The van der Waals surface area contributed by atoms with Gasteiger partial charge >= 0.3 is 5.97 Å². The molecule has 1 saturated heterocycles. The Balaban J connectivity index is 1.29. The number of benzene rings is 3. The molecular formula is C29H33NO4. The van der Waals surface area contributed by atoms with Crippen molar-refractivity contribution in [2.75, 3.05) is 33.4 Å². The largest absolute Gasteiger partial charge is 0.494 e. The lowest BCUT2D eigenvalue weighted by Gasteiger charge is -2.42. The van der Waals surface area contributed by atoms with Crippen molar-refractivity contribution < 1.29 is 19.4 Å². The SMILES string of the molecule is COC(=O)c1ccc(OCCCN2CCC(C(O)(c3ccccc3)c3ccccc3)CC2)cc1. The Hall–Kier alpha value is -3.15. The predicted molar refractivity (Wildman–Crippen MR) is 133 cm³/mol. The van der Waals surface area contributed by atoms with E-state index in [9.17, 15) is 9.90 Å². The van der Waals surface area contributed by atoms with Gasteiger partial charge in [-0.2, -0.15) is 0 Å². The lowest BCUT2D eigenvalue weighted by atomic mass is 9.72. The summed E-state index contributed by atoms with van der Waals surface area (Å²) in [4.78, 5) is 14.0. The second kappa shape index (κ2) is 11.3. The maximum Gasteiger partial charge on any atom is 0.337 e. The van der Waals surface area contributed by atoms with Crippen LogP contribution in [0.5, 0.6) is 5.75 Å². The van der Waals surface area contributed by atoms with E-state index in [1.54, 1.807) is 24.3 Å². The molecule has 4 rings (SSSR count). The number of likely N-dealkylation sites (tertiary alicyclic amines) is 1. The number of rotatable bonds is 9. The minimum absolute atomic E-state index is 0.165. The lowest BCUT2D eigenvalue weighted by Crippen LogP contribution is -2.44. The van der Waals surface area contributed by atoms with Crippen LogP contribution in [0, 0.1) is 5.92 Å². The Morgan fingerprint density at radius 3 is 2.00 bits per heavy atom. The molecule has 5 heteroatoms. The van der Waals surface area contributed by atoms with Gasteiger partial charge in [-0.15, -0.1) is 0 Å². The van der Waals surface area contributed by atoms with E-state index < -0.39 is 5.60 Å². The zero-order chi connectivity index (χ0) is 23.8. The van der Waals surface area contributed by atoms with Crippen molar-refractivity contribution in [1.82, 2.24) is 4.90 Å². The molecule has 1 N–H and O–H groups in total. The van der Waals surface area contributed by atoms with Gasteiger partial charge in [-0.05, 0) is 73.7 Å². The molecule has 1 aliphatic heterocycles. The van der Waals surface area contributed by atoms with E-state index in [1.807, 2.05) is 60.7 Å². The summed E-state index contributed by atoms with van der Waals surface area (Å²) in [6, 6.07) is 27.2. The van der Waals surface area contributed by atoms with Crippen LogP contribution in [0.15, 0.2) is 84.9 Å². The van der Waals surface area contributed by atoms with Gasteiger partial charge in [0.1, 0.15) is 11.4 Å². The molecule has 5 nitrogen and oxygen atoms in total. The molecule has 3 aromatic carbocycles. The minimum Gasteiger partial charge on any atom is -0.494 e. The number of ether oxygens (including phenoxy) is 2. The minimum atomic E-state index is -0.978. The van der Waals surface area contributed by atoms with Gasteiger partial charge in [0, 0.05) is 6.54 Å². The van der Waals surface area contributed by atoms with Crippen LogP contribution in [0.25, 0.3) is 0 Å². The Bertz CT molecular complexity index is 989. The van der Waals surface area contributed by atoms with Gasteiger partial charge in [0.15, 0.2) is 0 Å². The molecule has 0 aliphatic carbocycles. The monoisotopic (exact) mass is 459 g/mol. The molecule has 0 unspecified atom stereocenters. The van der Waals surface area contributed by atoms with E-state index in [0.29, 0.717) is 12.2 Å². The highest BCUT2D eigenvalue weighted by Crippen LogP contribution is 2.41. The van der Waals surface area contributed by atoms with Gasteiger partial charge in [0.05, 0.1) is 19.3 Å². The number of methoxy groups -OCH3 is 1. The molecule has 34 heavy (non-hydrogen) atoms. The van der Waals surface area contributed by atoms with Crippen molar-refractivity contribution in [2.24, 2.45) is 5.92 Å². The van der Waals surface area contributed by atoms with Gasteiger partial charge in [0.2, 0.25) is 0 Å². The molecule has 3 aromatic rings. The summed E-state index contributed by atoms with van der Waals surface area (Å²) in [5.41, 5.74) is 1.47. The molecule has 1 heterocycles. The molecule has 0 aromatic heterocycles. The third-order valence-electron chi connectivity index (χ3n) is 6.77. The summed E-state index contributed by atoms with van der Waals surface area (Å²) in [6.07, 6.45) is 2.80. The van der Waals surface area contributed by atoms with Crippen LogP contribution < -0.4 is 4.74 Å². The maximum atomic E-state index is 12.0. The van der Waals surface area contributed by atoms with E-state index >= 15 is 0 Å². The van der Waals surface area contributed by atoms with E-state index in [0.717, 1.165) is 55.8 Å². The predicted octanol–water partition coefficient (Wildman–Crippen LogP) is 4.89. The summed E-state index contributed by atoms with van der Waals surface area (Å²) in [5.74, 6) is 0.571. The van der Waals surface area contributed by atoms with Gasteiger partial charge in [-0.1, -0.05) is 60.7 Å². The second-order valence-electron chi connectivity index (χ2n) is 8.83. The highest BCUT2D eigenvalue weighted by atomic mass is 16.5. The first kappa shape index (κ1) is 24.0. The van der Waals surface area contributed by atoms with Gasteiger partial charge in [-0.25, -0.2) is 4.79 Å². The molecule has 1 fully saturated rings. The van der Waals surface area contributed by atoms with Crippen LogP contribution in [0.2, 0.25) is 0 Å². The number of hydrogen-bond donors (Lipinski definition) is 1. The quantitative estimate of drug-likeness (QED) is 0.365. The van der Waals surface area contributed by atoms with Crippen LogP contribution >= 0.6 is 0 Å². The number of esters is 1. The molecule has 0 bridgehead atoms. The smallest absolute Gasteiger partial charge is 0.337 e. The average molecular weight is 460 g/mol. The van der Waals surface area contributed by atoms with Gasteiger partial charge in [-0.3, -0.25) is 0 Å². The number of aliphatic hydroxyl groups is 1. The number of piperidine rings is 1. The van der Waals surface area contributed by atoms with E-state index in [2.05, 4.69) is 4.90 Å². The van der Waals surface area contributed by atoms with Crippen LogP contribution in [0.4, 0.5) is 0 Å². The lowest BCUT2D eigenvalue weighted by molar-refractivity contribution is -0.0146. The van der Waals surface area contributed by atoms with Crippen molar-refractivity contribution >= 4 is 5.97 Å². The number of nitrogens with zero attached hydrogens (tertiary/aromatic N) is 1. The Kier molecular flexibility index (Phi) is 7.99. The number of carbonyl (C=O) groups is 1. The Morgan fingerprint density at radius 2 is 1.47 bits per heavy atom. The van der Waals surface area contributed by atoms with Crippen molar-refractivity contribution in [3.8, 4) is 5.75 Å². The average Bonchev–Trinajstić information content (AvgIpc) is 2.92. The van der Waals surface area contributed by atoms with Crippen LogP contribution in [-0.4, -0.2) is 49.3 Å². The van der Waals surface area contributed by atoms with Crippen molar-refractivity contribution in [3.05, 3.63) is 102 Å². The normalized spacial score (nSPS) is 15.1. The first-order valence-corrected chi connectivity index (χ1v) is 12.0. The first-order valence-electron chi connectivity index (χ1n) is 12.0. The molecule has 0 atom stereocenters. The standard InChI is InChI=1S/C29H33NO4/c1-33-28(31)23-13-15-27(16-14-23)34-22-8-19-30-20-17-26(18-21-30)29(32,24-9-4-2-5-10-24)25-11-6-3-7-12-25/h2-7,9-16,26,32H,8,17-22H2,1H3. The molecular weight excluding hydrogens is 426 g/mol. The Labute approximate surface area is 201 Å². The zero-order valence-electron chi connectivity index (χ0n) is 19.7. The molecule has 1 aliphatic rings. The molecule has 0 spiro atoms. The summed E-state index contributed by atoms with van der Waals surface area (Å²) in [5, 5.41) is 12.0. The van der Waals surface area contributed by atoms with Crippen molar-refractivity contribution in [1.29, 1.82) is 0 Å². The number of hydrogen-bond acceptors (Lipinski definition) is 5. The fourth-order valence-electron chi connectivity index (χ4n) is 4.88. The number of carbonyl (C=O) groups excluding carboxylic acids is 1. The van der Waals surface area contributed by atoms with E-state index in [4.69, 9.17) is 9.47 Å². The fourth-order valence-corrected chi connectivity index (χ4v) is 4.88. The van der Waals surface area contributed by atoms with Crippen molar-refractivity contribution in [3.63, 3.8) is 0 Å². The maximum absolute atomic E-state index is 12.0. The van der Waals surface area contributed by atoms with Crippen LogP contribution in [0.3, 0.4) is 0 Å². The van der Waals surface area contributed by atoms with Gasteiger partial charge < -0.3 is 19.5 Å². The second-order valence-corrected chi connectivity index (χ2v) is 8.83. The summed E-state index contributed by atoms with van der Waals surface area (Å²) >= 11 is 0. The van der Waals surface area contributed by atoms with Crippen molar-refractivity contribution in [2.45, 2.75) is 24.9 Å². The topological polar surface area (TPSA) is 59.0 Å². The third kappa shape index (κ3) is 5.49. The highest BCUT2D eigenvalue weighted by molar-refractivity contribution is 5.89. The molecule has 0 amide bonds. The summed E-state index contributed by atoms with van der Waals surface area (Å²) < 4.78 is 10.6. The van der Waals surface area contributed by atoms with Gasteiger partial charge in [0.25, 0.3) is 0 Å². The first-order chi connectivity index (χ1) is 16.6. The fraction of sp³-hybridized carbons (Fsp3) is 0.345. The molecule has 0 saturated carbocycles. The van der Waals surface area contributed by atoms with E-state index in [-0.39, 0.29) is 11.9 Å². The van der Waals surface area contributed by atoms with E-state index in [1.165, 1.54) is 7.11 Å². The Morgan fingerprint density at radius 1 is 0.912 bits per heavy atom. The van der Waals surface area contributed by atoms with Crippen LogP contribution in [0.1, 0.15) is 40.7 Å². The summed E-state index contributed by atoms with van der Waals surface area (Å²) in [6.45, 7) is 3.50. The highest BCUT2D eigenvalue weighted by Gasteiger charge is 2.41. The zero-order valence-corrected chi connectivity index (χ0v) is 19.7. The molecule has 0 radical (unpaired) electrons. The summed E-state index contributed by atoms with van der Waals surface area (Å²) in [7, 11) is 1.37.